The molecular formula is C16H21Br2NO2. The van der Waals surface area contributed by atoms with E-state index in [4.69, 9.17) is 0 Å². The lowest BCUT2D eigenvalue weighted by Crippen LogP contribution is -2.45. The van der Waals surface area contributed by atoms with Crippen molar-refractivity contribution in [3.63, 3.8) is 0 Å². The van der Waals surface area contributed by atoms with Crippen molar-refractivity contribution in [1.29, 1.82) is 0 Å². The first kappa shape index (κ1) is 17.0. The van der Waals surface area contributed by atoms with Gasteiger partial charge in [-0.05, 0) is 65.7 Å². The third-order valence-electron chi connectivity index (χ3n) is 4.36. The molecule has 1 fully saturated rings. The fourth-order valence-electron chi connectivity index (χ4n) is 2.81. The molecule has 2 rings (SSSR count). The minimum absolute atomic E-state index is 0.158. The van der Waals surface area contributed by atoms with Crippen LogP contribution in [0.25, 0.3) is 0 Å². The van der Waals surface area contributed by atoms with Crippen LogP contribution in [0.4, 0.5) is 0 Å². The normalized spacial score (nSPS) is 25.6. The van der Waals surface area contributed by atoms with E-state index in [0.29, 0.717) is 12.1 Å². The summed E-state index contributed by atoms with van der Waals surface area (Å²) in [6.07, 6.45) is 4.80. The molecule has 0 heterocycles. The second-order valence-electron chi connectivity index (χ2n) is 5.88. The van der Waals surface area contributed by atoms with E-state index in [1.54, 1.807) is 6.07 Å². The summed E-state index contributed by atoms with van der Waals surface area (Å²) < 4.78 is 1.61. The van der Waals surface area contributed by atoms with Crippen LogP contribution in [0.1, 0.15) is 49.4 Å². The summed E-state index contributed by atoms with van der Waals surface area (Å²) in [5.74, 6) is 0.564. The van der Waals surface area contributed by atoms with Gasteiger partial charge in [0.05, 0.1) is 11.2 Å². The molecule has 0 unspecified atom stereocenters. The van der Waals surface area contributed by atoms with Crippen LogP contribution in [0.2, 0.25) is 0 Å². The molecule has 2 N–H and O–H groups in total. The third kappa shape index (κ3) is 4.54. The van der Waals surface area contributed by atoms with Crippen LogP contribution in [-0.2, 0) is 0 Å². The van der Waals surface area contributed by atoms with Crippen molar-refractivity contribution in [2.45, 2.75) is 44.6 Å². The summed E-state index contributed by atoms with van der Waals surface area (Å²) in [5.41, 5.74) is -0.171. The topological polar surface area (TPSA) is 49.3 Å². The van der Waals surface area contributed by atoms with Crippen molar-refractivity contribution in [2.24, 2.45) is 5.92 Å². The second-order valence-corrected chi connectivity index (χ2v) is 7.65. The van der Waals surface area contributed by atoms with Gasteiger partial charge < -0.3 is 10.4 Å². The first-order valence-corrected chi connectivity index (χ1v) is 8.98. The van der Waals surface area contributed by atoms with Crippen molar-refractivity contribution >= 4 is 37.8 Å². The van der Waals surface area contributed by atoms with E-state index < -0.39 is 5.60 Å². The molecule has 3 nitrogen and oxygen atoms in total. The van der Waals surface area contributed by atoms with Crippen LogP contribution in [-0.4, -0.2) is 23.2 Å². The lowest BCUT2D eigenvalue weighted by atomic mass is 9.78. The Balaban J connectivity index is 1.93. The predicted molar refractivity (Wildman–Crippen MR) is 91.4 cm³/mol. The maximum Gasteiger partial charge on any atom is 0.252 e. The van der Waals surface area contributed by atoms with Crippen molar-refractivity contribution in [3.8, 4) is 0 Å². The van der Waals surface area contributed by atoms with Crippen LogP contribution < -0.4 is 5.32 Å². The average molecular weight is 419 g/mol. The van der Waals surface area contributed by atoms with E-state index in [0.717, 1.165) is 40.5 Å². The second kappa shape index (κ2) is 7.25. The highest BCUT2D eigenvalue weighted by molar-refractivity contribution is 9.11. The van der Waals surface area contributed by atoms with Crippen molar-refractivity contribution in [1.82, 2.24) is 5.32 Å². The number of benzene rings is 1. The number of carbonyl (C=O) groups excluding carboxylic acids is 1. The quantitative estimate of drug-likeness (QED) is 0.766. The van der Waals surface area contributed by atoms with Crippen LogP contribution in [0.15, 0.2) is 27.1 Å². The van der Waals surface area contributed by atoms with Crippen LogP contribution in [0.3, 0.4) is 0 Å². The molecule has 0 saturated heterocycles. The molecule has 0 radical (unpaired) electrons. The number of halogens is 2. The number of nitrogens with one attached hydrogen (secondary N) is 1. The molecule has 1 aliphatic rings. The zero-order chi connectivity index (χ0) is 15.5. The van der Waals surface area contributed by atoms with Gasteiger partial charge in [0.1, 0.15) is 0 Å². The number of aliphatic hydroxyl groups is 1. The van der Waals surface area contributed by atoms with Gasteiger partial charge in [0.2, 0.25) is 0 Å². The lowest BCUT2D eigenvalue weighted by molar-refractivity contribution is -0.00787. The summed E-state index contributed by atoms with van der Waals surface area (Å²) in [5, 5.41) is 13.4. The summed E-state index contributed by atoms with van der Waals surface area (Å²) in [6, 6.07) is 5.48. The zero-order valence-electron chi connectivity index (χ0n) is 12.2. The maximum atomic E-state index is 12.3. The molecule has 1 saturated carbocycles. The third-order valence-corrected chi connectivity index (χ3v) is 5.55. The Labute approximate surface area is 142 Å². The average Bonchev–Trinajstić information content (AvgIpc) is 2.48. The fraction of sp³-hybridized carbons (Fsp3) is 0.562. The molecule has 0 atom stereocenters. The summed E-state index contributed by atoms with van der Waals surface area (Å²) in [6.45, 7) is 2.52. The van der Waals surface area contributed by atoms with Crippen LogP contribution in [0, 0.1) is 5.92 Å². The summed E-state index contributed by atoms with van der Waals surface area (Å²) in [4.78, 5) is 12.3. The number of rotatable bonds is 4. The Morgan fingerprint density at radius 1 is 1.38 bits per heavy atom. The van der Waals surface area contributed by atoms with Crippen molar-refractivity contribution in [3.05, 3.63) is 32.7 Å². The van der Waals surface area contributed by atoms with E-state index >= 15 is 0 Å². The summed E-state index contributed by atoms with van der Waals surface area (Å²) in [7, 11) is 0. The van der Waals surface area contributed by atoms with Gasteiger partial charge in [-0.2, -0.15) is 0 Å². The molecule has 5 heteroatoms. The van der Waals surface area contributed by atoms with Gasteiger partial charge in [0, 0.05) is 15.5 Å². The number of carbonyl (C=O) groups is 1. The van der Waals surface area contributed by atoms with Crippen LogP contribution >= 0.6 is 31.9 Å². The lowest BCUT2D eigenvalue weighted by Gasteiger charge is -2.35. The highest BCUT2D eigenvalue weighted by atomic mass is 79.9. The van der Waals surface area contributed by atoms with Crippen LogP contribution in [0.5, 0.6) is 0 Å². The minimum atomic E-state index is -0.750. The van der Waals surface area contributed by atoms with Gasteiger partial charge in [0.25, 0.3) is 5.91 Å². The molecule has 21 heavy (non-hydrogen) atoms. The number of hydrogen-bond acceptors (Lipinski definition) is 2. The predicted octanol–water partition coefficient (Wildman–Crippen LogP) is 4.27. The Bertz CT molecular complexity index is 511. The Kier molecular flexibility index (Phi) is 5.86. The van der Waals surface area contributed by atoms with E-state index in [9.17, 15) is 9.90 Å². The molecule has 1 aromatic carbocycles. The van der Waals surface area contributed by atoms with Crippen molar-refractivity contribution < 1.29 is 9.90 Å². The number of amides is 1. The largest absolute Gasteiger partial charge is 0.388 e. The highest BCUT2D eigenvalue weighted by Gasteiger charge is 2.33. The first-order chi connectivity index (χ1) is 9.93. The molecule has 0 aliphatic heterocycles. The Hall–Kier alpha value is -0.390. The Morgan fingerprint density at radius 3 is 2.67 bits per heavy atom. The molecule has 1 aromatic rings. The van der Waals surface area contributed by atoms with E-state index in [1.165, 1.54) is 6.42 Å². The van der Waals surface area contributed by atoms with Gasteiger partial charge in [-0.25, -0.2) is 0 Å². The van der Waals surface area contributed by atoms with E-state index in [2.05, 4.69) is 44.1 Å². The minimum Gasteiger partial charge on any atom is -0.388 e. The smallest absolute Gasteiger partial charge is 0.252 e. The van der Waals surface area contributed by atoms with Gasteiger partial charge in [-0.1, -0.05) is 29.3 Å². The van der Waals surface area contributed by atoms with Gasteiger partial charge in [0.15, 0.2) is 0 Å². The SMILES string of the molecule is CCC1CCC(O)(CNC(=O)c2cc(Br)ccc2Br)CC1. The van der Waals surface area contributed by atoms with Gasteiger partial charge in [-0.3, -0.25) is 4.79 Å². The zero-order valence-corrected chi connectivity index (χ0v) is 15.3. The Morgan fingerprint density at radius 2 is 2.05 bits per heavy atom. The summed E-state index contributed by atoms with van der Waals surface area (Å²) >= 11 is 6.75. The number of hydrogen-bond donors (Lipinski definition) is 2. The standard InChI is InChI=1S/C16H21Br2NO2/c1-2-11-5-7-16(21,8-6-11)10-19-15(20)13-9-12(17)3-4-14(13)18/h3-4,9,11,21H,2,5-8,10H2,1H3,(H,19,20). The molecular weight excluding hydrogens is 398 g/mol. The fourth-order valence-corrected chi connectivity index (χ4v) is 3.60. The van der Waals surface area contributed by atoms with Gasteiger partial charge >= 0.3 is 0 Å². The van der Waals surface area contributed by atoms with E-state index in [1.807, 2.05) is 12.1 Å². The maximum absolute atomic E-state index is 12.3. The molecule has 1 amide bonds. The molecule has 116 valence electrons. The molecule has 1 aliphatic carbocycles. The molecule has 0 bridgehead atoms. The molecule has 0 aromatic heterocycles. The first-order valence-electron chi connectivity index (χ1n) is 7.39. The van der Waals surface area contributed by atoms with E-state index in [-0.39, 0.29) is 5.91 Å². The highest BCUT2D eigenvalue weighted by Crippen LogP contribution is 2.33. The van der Waals surface area contributed by atoms with Gasteiger partial charge in [-0.15, -0.1) is 0 Å². The molecule has 0 spiro atoms. The monoisotopic (exact) mass is 417 g/mol. The van der Waals surface area contributed by atoms with Crippen molar-refractivity contribution in [2.75, 3.05) is 6.54 Å².